The number of halogens is 1. The quantitative estimate of drug-likeness (QED) is 0.898. The Morgan fingerprint density at radius 1 is 1.32 bits per heavy atom. The number of amides is 1. The summed E-state index contributed by atoms with van der Waals surface area (Å²) >= 11 is 3.32. The lowest BCUT2D eigenvalue weighted by Crippen LogP contribution is -2.46. The molecule has 0 aromatic heterocycles. The fourth-order valence-corrected chi connectivity index (χ4v) is 1.80. The number of carbonyl (C=O) groups excluding carboxylic acids is 1. The highest BCUT2D eigenvalue weighted by Crippen LogP contribution is 2.25. The molecule has 0 fully saturated rings. The van der Waals surface area contributed by atoms with Gasteiger partial charge in [0, 0.05) is 7.05 Å². The number of rotatable bonds is 5. The van der Waals surface area contributed by atoms with Crippen LogP contribution >= 0.6 is 15.9 Å². The Labute approximate surface area is 120 Å². The van der Waals surface area contributed by atoms with Gasteiger partial charge in [0.25, 0.3) is 5.91 Å². The minimum atomic E-state index is -1.05. The molecule has 104 valence electrons. The molecular formula is C13H16BrNO4. The Morgan fingerprint density at radius 3 is 2.42 bits per heavy atom. The van der Waals surface area contributed by atoms with Crippen LogP contribution in [0.25, 0.3) is 0 Å². The molecule has 0 saturated heterocycles. The lowest BCUT2D eigenvalue weighted by Gasteiger charge is -2.25. The van der Waals surface area contributed by atoms with Gasteiger partial charge in [0.1, 0.15) is 11.8 Å². The van der Waals surface area contributed by atoms with E-state index in [1.54, 1.807) is 25.1 Å². The summed E-state index contributed by atoms with van der Waals surface area (Å²) < 4.78 is 6.27. The third-order valence-corrected chi connectivity index (χ3v) is 3.43. The average molecular weight is 330 g/mol. The van der Waals surface area contributed by atoms with Gasteiger partial charge in [0.2, 0.25) is 0 Å². The van der Waals surface area contributed by atoms with Crippen LogP contribution in [0.4, 0.5) is 0 Å². The summed E-state index contributed by atoms with van der Waals surface area (Å²) in [6.45, 7) is 3.04. The van der Waals surface area contributed by atoms with Gasteiger partial charge in [-0.05, 0) is 41.9 Å². The number of aliphatic carboxylic acids is 1. The molecule has 0 aliphatic rings. The highest BCUT2D eigenvalue weighted by atomic mass is 79.9. The fourth-order valence-electron chi connectivity index (χ4n) is 1.42. The number of carbonyl (C=O) groups is 2. The van der Waals surface area contributed by atoms with Crippen molar-refractivity contribution in [1.82, 2.24) is 4.90 Å². The Morgan fingerprint density at radius 2 is 1.89 bits per heavy atom. The molecular weight excluding hydrogens is 314 g/mol. The Bertz CT molecular complexity index is 477. The van der Waals surface area contributed by atoms with E-state index in [1.807, 2.05) is 6.07 Å². The lowest BCUT2D eigenvalue weighted by molar-refractivity contribution is -0.150. The maximum absolute atomic E-state index is 12.0. The van der Waals surface area contributed by atoms with Crippen molar-refractivity contribution in [1.29, 1.82) is 0 Å². The molecule has 1 amide bonds. The summed E-state index contributed by atoms with van der Waals surface area (Å²) in [7, 11) is 1.45. The molecule has 1 rings (SSSR count). The molecule has 0 radical (unpaired) electrons. The van der Waals surface area contributed by atoms with Gasteiger partial charge in [0.05, 0.1) is 4.47 Å². The third kappa shape index (κ3) is 3.96. The predicted octanol–water partition coefficient (Wildman–Crippen LogP) is 2.15. The zero-order valence-electron chi connectivity index (χ0n) is 11.0. The number of benzene rings is 1. The monoisotopic (exact) mass is 329 g/mol. The SMILES string of the molecule is CC(Oc1ccccc1Br)C(=O)N(C)C(C)C(=O)O. The van der Waals surface area contributed by atoms with E-state index in [2.05, 4.69) is 15.9 Å². The maximum Gasteiger partial charge on any atom is 0.326 e. The number of carboxylic acid groups (broad SMARTS) is 1. The van der Waals surface area contributed by atoms with Crippen molar-refractivity contribution in [3.8, 4) is 5.75 Å². The highest BCUT2D eigenvalue weighted by Gasteiger charge is 2.26. The predicted molar refractivity (Wildman–Crippen MR) is 74.1 cm³/mol. The zero-order chi connectivity index (χ0) is 14.6. The van der Waals surface area contributed by atoms with Gasteiger partial charge in [0.15, 0.2) is 6.10 Å². The van der Waals surface area contributed by atoms with Crippen molar-refractivity contribution >= 4 is 27.8 Å². The summed E-state index contributed by atoms with van der Waals surface area (Å²) in [6, 6.07) is 6.27. The molecule has 0 saturated carbocycles. The van der Waals surface area contributed by atoms with Crippen molar-refractivity contribution < 1.29 is 19.4 Å². The largest absolute Gasteiger partial charge is 0.480 e. The molecule has 2 atom stereocenters. The first-order chi connectivity index (χ1) is 8.84. The summed E-state index contributed by atoms with van der Waals surface area (Å²) in [4.78, 5) is 24.0. The first-order valence-electron chi connectivity index (χ1n) is 5.75. The molecule has 0 heterocycles. The van der Waals surface area contributed by atoms with Crippen LogP contribution in [0.2, 0.25) is 0 Å². The third-order valence-electron chi connectivity index (χ3n) is 2.77. The van der Waals surface area contributed by atoms with E-state index in [1.165, 1.54) is 14.0 Å². The number of hydrogen-bond acceptors (Lipinski definition) is 3. The lowest BCUT2D eigenvalue weighted by atomic mass is 10.2. The van der Waals surface area contributed by atoms with Crippen LogP contribution in [0, 0.1) is 0 Å². The number of para-hydroxylation sites is 1. The van der Waals surface area contributed by atoms with Gasteiger partial charge in [-0.2, -0.15) is 0 Å². The van der Waals surface area contributed by atoms with Crippen molar-refractivity contribution in [2.24, 2.45) is 0 Å². The molecule has 1 aromatic rings. The van der Waals surface area contributed by atoms with Gasteiger partial charge < -0.3 is 14.7 Å². The topological polar surface area (TPSA) is 66.8 Å². The van der Waals surface area contributed by atoms with Gasteiger partial charge >= 0.3 is 5.97 Å². The molecule has 0 aliphatic heterocycles. The van der Waals surface area contributed by atoms with Crippen molar-refractivity contribution in [3.63, 3.8) is 0 Å². The average Bonchev–Trinajstić information content (AvgIpc) is 2.38. The Balaban J connectivity index is 2.73. The van der Waals surface area contributed by atoms with Crippen molar-refractivity contribution in [2.45, 2.75) is 26.0 Å². The van der Waals surface area contributed by atoms with Crippen LogP contribution in [-0.4, -0.2) is 41.1 Å². The molecule has 1 N–H and O–H groups in total. The van der Waals surface area contributed by atoms with Crippen molar-refractivity contribution in [3.05, 3.63) is 28.7 Å². The normalized spacial score (nSPS) is 13.5. The van der Waals surface area contributed by atoms with Gasteiger partial charge in [-0.3, -0.25) is 4.79 Å². The highest BCUT2D eigenvalue weighted by molar-refractivity contribution is 9.10. The van der Waals surface area contributed by atoms with Crippen LogP contribution in [0.3, 0.4) is 0 Å². The van der Waals surface area contributed by atoms with Gasteiger partial charge in [-0.1, -0.05) is 12.1 Å². The molecule has 0 bridgehead atoms. The molecule has 2 unspecified atom stereocenters. The number of carboxylic acids is 1. The maximum atomic E-state index is 12.0. The standard InChI is InChI=1S/C13H16BrNO4/c1-8(13(17)18)15(3)12(16)9(2)19-11-7-5-4-6-10(11)14/h4-9H,1-3H3,(H,17,18). The molecule has 0 spiro atoms. The number of nitrogens with zero attached hydrogens (tertiary/aromatic N) is 1. The summed E-state index contributed by atoms with van der Waals surface area (Å²) in [5, 5.41) is 8.87. The number of ether oxygens (including phenoxy) is 1. The van der Waals surface area contributed by atoms with Crippen LogP contribution in [-0.2, 0) is 9.59 Å². The van der Waals surface area contributed by atoms with E-state index in [-0.39, 0.29) is 5.91 Å². The first kappa shape index (κ1) is 15.5. The second kappa shape index (κ2) is 6.56. The smallest absolute Gasteiger partial charge is 0.326 e. The summed E-state index contributed by atoms with van der Waals surface area (Å²) in [6.07, 6.45) is -0.759. The molecule has 1 aromatic carbocycles. The number of hydrogen-bond donors (Lipinski definition) is 1. The Hall–Kier alpha value is -1.56. The van der Waals surface area contributed by atoms with Crippen molar-refractivity contribution in [2.75, 3.05) is 7.05 Å². The second-order valence-electron chi connectivity index (χ2n) is 4.15. The van der Waals surface area contributed by atoms with Crippen LogP contribution in [0.15, 0.2) is 28.7 Å². The minimum Gasteiger partial charge on any atom is -0.480 e. The van der Waals surface area contributed by atoms with E-state index in [0.29, 0.717) is 5.75 Å². The summed E-state index contributed by atoms with van der Waals surface area (Å²) in [5.74, 6) is -0.894. The zero-order valence-corrected chi connectivity index (χ0v) is 12.5. The van der Waals surface area contributed by atoms with Crippen LogP contribution in [0.1, 0.15) is 13.8 Å². The molecule has 0 aliphatic carbocycles. The van der Waals surface area contributed by atoms with Gasteiger partial charge in [-0.15, -0.1) is 0 Å². The molecule has 6 heteroatoms. The van der Waals surface area contributed by atoms with Crippen LogP contribution < -0.4 is 4.74 Å². The van der Waals surface area contributed by atoms with E-state index in [4.69, 9.17) is 9.84 Å². The molecule has 5 nitrogen and oxygen atoms in total. The van der Waals surface area contributed by atoms with E-state index >= 15 is 0 Å². The molecule has 19 heavy (non-hydrogen) atoms. The van der Waals surface area contributed by atoms with E-state index < -0.39 is 18.1 Å². The first-order valence-corrected chi connectivity index (χ1v) is 6.54. The van der Waals surface area contributed by atoms with E-state index in [0.717, 1.165) is 9.37 Å². The summed E-state index contributed by atoms with van der Waals surface area (Å²) in [5.41, 5.74) is 0. The van der Waals surface area contributed by atoms with Gasteiger partial charge in [-0.25, -0.2) is 4.79 Å². The Kier molecular flexibility index (Phi) is 5.35. The fraction of sp³-hybridized carbons (Fsp3) is 0.385. The minimum absolute atomic E-state index is 0.384. The number of likely N-dealkylation sites (N-methyl/N-ethyl adjacent to an activating group) is 1. The van der Waals surface area contributed by atoms with E-state index in [9.17, 15) is 9.59 Å². The second-order valence-corrected chi connectivity index (χ2v) is 5.01. The van der Waals surface area contributed by atoms with Crippen LogP contribution in [0.5, 0.6) is 5.75 Å².